The first kappa shape index (κ1) is 18.3. The summed E-state index contributed by atoms with van der Waals surface area (Å²) in [6.45, 7) is 4.38. The molecule has 0 aliphatic heterocycles. The molecule has 1 aromatic heterocycles. The van der Waals surface area contributed by atoms with Crippen molar-refractivity contribution in [1.29, 1.82) is 0 Å². The number of aromatic nitrogens is 1. The molecule has 136 valence electrons. The lowest BCUT2D eigenvalue weighted by molar-refractivity contribution is 0.0976. The van der Waals surface area contributed by atoms with Gasteiger partial charge in [0, 0.05) is 23.6 Å². The first-order valence-corrected chi connectivity index (χ1v) is 8.76. The van der Waals surface area contributed by atoms with Gasteiger partial charge in [0.25, 0.3) is 5.91 Å². The fourth-order valence-electron chi connectivity index (χ4n) is 2.54. The molecule has 0 unspecified atom stereocenters. The third-order valence-electron chi connectivity index (χ3n) is 4.11. The summed E-state index contributed by atoms with van der Waals surface area (Å²) in [6.07, 6.45) is 3.45. The number of carbonyl (C=O) groups excluding carboxylic acids is 1. The summed E-state index contributed by atoms with van der Waals surface area (Å²) in [5.74, 6) is 0.213. The van der Waals surface area contributed by atoms with Gasteiger partial charge >= 0.3 is 0 Å². The Bertz CT molecular complexity index is 934. The van der Waals surface area contributed by atoms with Crippen molar-refractivity contribution < 1.29 is 4.79 Å². The molecule has 0 bridgehead atoms. The molecule has 5 heteroatoms. The number of rotatable bonds is 4. The van der Waals surface area contributed by atoms with Gasteiger partial charge in [0.1, 0.15) is 0 Å². The second-order valence-corrected chi connectivity index (χ2v) is 6.28. The van der Waals surface area contributed by atoms with Crippen LogP contribution in [0.15, 0.2) is 78.0 Å². The molecule has 2 aromatic carbocycles. The highest BCUT2D eigenvalue weighted by Gasteiger charge is 2.11. The van der Waals surface area contributed by atoms with Gasteiger partial charge in [-0.15, -0.1) is 0 Å². The lowest BCUT2D eigenvalue weighted by Crippen LogP contribution is -2.36. The minimum absolute atomic E-state index is 0.193. The van der Waals surface area contributed by atoms with E-state index < -0.39 is 0 Å². The average molecular weight is 358 g/mol. The average Bonchev–Trinajstić information content (AvgIpc) is 2.69. The minimum atomic E-state index is -0.193. The maximum absolute atomic E-state index is 12.7. The van der Waals surface area contributed by atoms with Crippen molar-refractivity contribution in [3.05, 3.63) is 95.3 Å². The highest BCUT2D eigenvalue weighted by molar-refractivity contribution is 6.10. The fraction of sp³-hybridized carbons (Fsp3) is 0.136. The molecule has 0 radical (unpaired) electrons. The number of aryl methyl sites for hydroxylation is 2. The number of nitrogens with one attached hydrogen (secondary N) is 2. The smallest absolute Gasteiger partial charge is 0.258 e. The van der Waals surface area contributed by atoms with Gasteiger partial charge in [0.2, 0.25) is 5.96 Å². The highest BCUT2D eigenvalue weighted by atomic mass is 16.1. The van der Waals surface area contributed by atoms with Gasteiger partial charge in [-0.25, -0.2) is 4.99 Å². The molecule has 0 aliphatic carbocycles. The van der Waals surface area contributed by atoms with E-state index in [1.54, 1.807) is 18.5 Å². The first-order valence-electron chi connectivity index (χ1n) is 8.76. The summed E-state index contributed by atoms with van der Waals surface area (Å²) >= 11 is 0. The Morgan fingerprint density at radius 3 is 2.37 bits per heavy atom. The second kappa shape index (κ2) is 8.76. The van der Waals surface area contributed by atoms with Crippen molar-refractivity contribution in [3.8, 4) is 0 Å². The van der Waals surface area contributed by atoms with Crippen LogP contribution in [0.1, 0.15) is 27.0 Å². The lowest BCUT2D eigenvalue weighted by atomic mass is 10.1. The van der Waals surface area contributed by atoms with Crippen molar-refractivity contribution in [2.24, 2.45) is 4.99 Å². The van der Waals surface area contributed by atoms with Crippen LogP contribution in [-0.2, 0) is 6.54 Å². The molecule has 2 N–H and O–H groups in total. The number of guanidine groups is 1. The Balaban J connectivity index is 1.81. The molecule has 3 aromatic rings. The molecule has 27 heavy (non-hydrogen) atoms. The van der Waals surface area contributed by atoms with Crippen LogP contribution in [0.3, 0.4) is 0 Å². The summed E-state index contributed by atoms with van der Waals surface area (Å²) in [5.41, 5.74) is 4.58. The number of anilines is 1. The van der Waals surface area contributed by atoms with Gasteiger partial charge in [-0.2, -0.15) is 0 Å². The molecule has 1 heterocycles. The van der Waals surface area contributed by atoms with E-state index in [9.17, 15) is 4.79 Å². The van der Waals surface area contributed by atoms with E-state index >= 15 is 0 Å². The molecule has 0 saturated carbocycles. The number of nitrogens with zero attached hydrogens (tertiary/aromatic N) is 2. The molecular formula is C22H22N4O. The number of pyridine rings is 1. The Labute approximate surface area is 159 Å². The second-order valence-electron chi connectivity index (χ2n) is 6.28. The number of benzene rings is 2. The third kappa shape index (κ3) is 5.25. The van der Waals surface area contributed by atoms with E-state index in [1.165, 1.54) is 5.56 Å². The van der Waals surface area contributed by atoms with Gasteiger partial charge in [-0.3, -0.25) is 15.1 Å². The minimum Gasteiger partial charge on any atom is -0.326 e. The van der Waals surface area contributed by atoms with Crippen LogP contribution in [-0.4, -0.2) is 16.9 Å². The van der Waals surface area contributed by atoms with E-state index in [0.717, 1.165) is 16.8 Å². The molecule has 0 aliphatic rings. The number of carbonyl (C=O) groups is 1. The largest absolute Gasteiger partial charge is 0.326 e. The molecule has 0 atom stereocenters. The zero-order chi connectivity index (χ0) is 19.1. The Morgan fingerprint density at radius 1 is 0.963 bits per heavy atom. The van der Waals surface area contributed by atoms with Crippen molar-refractivity contribution >= 4 is 17.6 Å². The van der Waals surface area contributed by atoms with E-state index in [4.69, 9.17) is 0 Å². The lowest BCUT2D eigenvalue weighted by Gasteiger charge is -2.13. The fourth-order valence-corrected chi connectivity index (χ4v) is 2.54. The quantitative estimate of drug-likeness (QED) is 0.545. The van der Waals surface area contributed by atoms with Crippen molar-refractivity contribution in [2.75, 3.05) is 5.32 Å². The van der Waals surface area contributed by atoms with Crippen LogP contribution >= 0.6 is 0 Å². The van der Waals surface area contributed by atoms with Gasteiger partial charge < -0.3 is 5.32 Å². The summed E-state index contributed by atoms with van der Waals surface area (Å²) in [6, 6.07) is 19.2. The molecule has 0 saturated heterocycles. The number of hydrogen-bond acceptors (Lipinski definition) is 3. The van der Waals surface area contributed by atoms with Gasteiger partial charge in [0.05, 0.1) is 6.54 Å². The topological polar surface area (TPSA) is 66.4 Å². The molecule has 5 nitrogen and oxygen atoms in total. The monoisotopic (exact) mass is 358 g/mol. The van der Waals surface area contributed by atoms with Crippen LogP contribution in [0.5, 0.6) is 0 Å². The molecule has 1 amide bonds. The zero-order valence-corrected chi connectivity index (χ0v) is 15.4. The van der Waals surface area contributed by atoms with Crippen LogP contribution < -0.4 is 10.6 Å². The Morgan fingerprint density at radius 2 is 1.67 bits per heavy atom. The summed E-state index contributed by atoms with van der Waals surface area (Å²) in [5, 5.41) is 6.09. The molecule has 0 spiro atoms. The Hall–Kier alpha value is -3.47. The maximum Gasteiger partial charge on any atom is 0.258 e. The molecule has 3 rings (SSSR count). The SMILES string of the molecule is Cc1ccc(NC(=NCc2ccncc2)NC(=O)c2ccccc2C)cc1. The van der Waals surface area contributed by atoms with Crippen LogP contribution in [0.2, 0.25) is 0 Å². The van der Waals surface area contributed by atoms with Crippen LogP contribution in [0.25, 0.3) is 0 Å². The summed E-state index contributed by atoms with van der Waals surface area (Å²) in [7, 11) is 0. The summed E-state index contributed by atoms with van der Waals surface area (Å²) < 4.78 is 0. The third-order valence-corrected chi connectivity index (χ3v) is 4.11. The van der Waals surface area contributed by atoms with E-state index in [2.05, 4.69) is 20.6 Å². The number of amides is 1. The van der Waals surface area contributed by atoms with Crippen LogP contribution in [0, 0.1) is 13.8 Å². The van der Waals surface area contributed by atoms with Gasteiger partial charge in [0.15, 0.2) is 0 Å². The normalized spacial score (nSPS) is 11.1. The van der Waals surface area contributed by atoms with Crippen molar-refractivity contribution in [2.45, 2.75) is 20.4 Å². The van der Waals surface area contributed by atoms with Gasteiger partial charge in [-0.05, 0) is 55.3 Å². The summed E-state index contributed by atoms with van der Waals surface area (Å²) in [4.78, 5) is 21.3. The van der Waals surface area contributed by atoms with Crippen LogP contribution in [0.4, 0.5) is 5.69 Å². The standard InChI is InChI=1S/C22H22N4O/c1-16-7-9-19(10-8-16)25-22(24-15-18-11-13-23-14-12-18)26-21(27)20-6-4-3-5-17(20)2/h3-14H,15H2,1-2H3,(H2,24,25,26,27). The van der Waals surface area contributed by atoms with Crippen molar-refractivity contribution in [1.82, 2.24) is 10.3 Å². The maximum atomic E-state index is 12.7. The Kier molecular flexibility index (Phi) is 5.94. The zero-order valence-electron chi connectivity index (χ0n) is 15.4. The predicted molar refractivity (Wildman–Crippen MR) is 109 cm³/mol. The molecule has 0 fully saturated rings. The van der Waals surface area contributed by atoms with E-state index in [-0.39, 0.29) is 5.91 Å². The van der Waals surface area contributed by atoms with E-state index in [0.29, 0.717) is 18.1 Å². The first-order chi connectivity index (χ1) is 13.1. The van der Waals surface area contributed by atoms with E-state index in [1.807, 2.05) is 68.4 Å². The predicted octanol–water partition coefficient (Wildman–Crippen LogP) is 4.10. The number of hydrogen-bond donors (Lipinski definition) is 2. The highest BCUT2D eigenvalue weighted by Crippen LogP contribution is 2.10. The number of aliphatic imine (C=N–C) groups is 1. The van der Waals surface area contributed by atoms with Gasteiger partial charge in [-0.1, -0.05) is 35.9 Å². The van der Waals surface area contributed by atoms with Crippen molar-refractivity contribution in [3.63, 3.8) is 0 Å². The molecular weight excluding hydrogens is 336 g/mol.